The zero-order valence-electron chi connectivity index (χ0n) is 8.55. The molecule has 0 saturated carbocycles. The Morgan fingerprint density at radius 2 is 2.15 bits per heavy atom. The number of hydrogen-bond donors (Lipinski definition) is 0. The van der Waals surface area contributed by atoms with Crippen molar-refractivity contribution in [2.75, 3.05) is 0 Å². The standard InChI is InChI=1S/C12H16O/c1-4-9-5-6-10-8-12(2,3)13-11(10)7-9/h5-7H,4,8H2,1-3H3. The van der Waals surface area contributed by atoms with Crippen LogP contribution in [0.15, 0.2) is 18.2 Å². The van der Waals surface area contributed by atoms with E-state index in [-0.39, 0.29) is 5.60 Å². The van der Waals surface area contributed by atoms with Gasteiger partial charge in [-0.05, 0) is 37.5 Å². The topological polar surface area (TPSA) is 9.23 Å². The fraction of sp³-hybridized carbons (Fsp3) is 0.500. The van der Waals surface area contributed by atoms with Crippen molar-refractivity contribution in [3.05, 3.63) is 29.3 Å². The lowest BCUT2D eigenvalue weighted by Crippen LogP contribution is -2.24. The van der Waals surface area contributed by atoms with E-state index in [1.165, 1.54) is 11.1 Å². The zero-order valence-corrected chi connectivity index (χ0v) is 8.55. The van der Waals surface area contributed by atoms with Gasteiger partial charge < -0.3 is 4.74 Å². The molecule has 1 aliphatic rings. The van der Waals surface area contributed by atoms with E-state index >= 15 is 0 Å². The Bertz CT molecular complexity index is 326. The maximum absolute atomic E-state index is 5.84. The summed E-state index contributed by atoms with van der Waals surface area (Å²) < 4.78 is 5.84. The second-order valence-corrected chi connectivity index (χ2v) is 4.33. The van der Waals surface area contributed by atoms with E-state index in [0.29, 0.717) is 0 Å². The molecule has 1 aromatic carbocycles. The molecule has 2 rings (SSSR count). The van der Waals surface area contributed by atoms with Crippen molar-refractivity contribution in [1.82, 2.24) is 0 Å². The van der Waals surface area contributed by atoms with Crippen molar-refractivity contribution >= 4 is 0 Å². The molecule has 1 heteroatoms. The first-order valence-corrected chi connectivity index (χ1v) is 4.91. The maximum atomic E-state index is 5.84. The van der Waals surface area contributed by atoms with Crippen LogP contribution in [0.3, 0.4) is 0 Å². The molecule has 0 amide bonds. The van der Waals surface area contributed by atoms with Crippen LogP contribution in [0.1, 0.15) is 31.9 Å². The summed E-state index contributed by atoms with van der Waals surface area (Å²) in [5.41, 5.74) is 2.70. The molecule has 0 fully saturated rings. The van der Waals surface area contributed by atoms with E-state index in [0.717, 1.165) is 18.6 Å². The summed E-state index contributed by atoms with van der Waals surface area (Å²) in [6, 6.07) is 6.57. The molecule has 1 aliphatic heterocycles. The SMILES string of the molecule is CCc1ccc2c(c1)OC(C)(C)C2. The molecule has 13 heavy (non-hydrogen) atoms. The first-order valence-electron chi connectivity index (χ1n) is 4.91. The number of ether oxygens (including phenoxy) is 1. The average Bonchev–Trinajstić information content (AvgIpc) is 2.36. The average molecular weight is 176 g/mol. The van der Waals surface area contributed by atoms with Gasteiger partial charge in [0.15, 0.2) is 0 Å². The summed E-state index contributed by atoms with van der Waals surface area (Å²) in [7, 11) is 0. The number of fused-ring (bicyclic) bond motifs is 1. The Morgan fingerprint density at radius 1 is 1.38 bits per heavy atom. The van der Waals surface area contributed by atoms with Crippen LogP contribution in [0.5, 0.6) is 5.75 Å². The Kier molecular flexibility index (Phi) is 1.83. The summed E-state index contributed by atoms with van der Waals surface area (Å²) in [5.74, 6) is 1.09. The smallest absolute Gasteiger partial charge is 0.123 e. The third kappa shape index (κ3) is 1.55. The molecule has 0 radical (unpaired) electrons. The normalized spacial score (nSPS) is 18.1. The molecule has 0 unspecified atom stereocenters. The molecule has 1 nitrogen and oxygen atoms in total. The fourth-order valence-corrected chi connectivity index (χ4v) is 1.85. The number of rotatable bonds is 1. The van der Waals surface area contributed by atoms with Crippen LogP contribution in [0.4, 0.5) is 0 Å². The van der Waals surface area contributed by atoms with Gasteiger partial charge in [0.25, 0.3) is 0 Å². The van der Waals surface area contributed by atoms with Crippen LogP contribution in [0, 0.1) is 0 Å². The van der Waals surface area contributed by atoms with Gasteiger partial charge in [0.1, 0.15) is 11.4 Å². The van der Waals surface area contributed by atoms with Crippen molar-refractivity contribution in [2.45, 2.75) is 39.2 Å². The van der Waals surface area contributed by atoms with E-state index in [4.69, 9.17) is 4.74 Å². The van der Waals surface area contributed by atoms with Gasteiger partial charge in [-0.2, -0.15) is 0 Å². The molecule has 0 atom stereocenters. The van der Waals surface area contributed by atoms with Crippen molar-refractivity contribution in [3.8, 4) is 5.75 Å². The summed E-state index contributed by atoms with van der Waals surface area (Å²) in [6.07, 6.45) is 2.11. The molecule has 0 N–H and O–H groups in total. The highest BCUT2D eigenvalue weighted by Crippen LogP contribution is 2.35. The van der Waals surface area contributed by atoms with Gasteiger partial charge in [0.05, 0.1) is 0 Å². The van der Waals surface area contributed by atoms with Crippen LogP contribution in [0.25, 0.3) is 0 Å². The summed E-state index contributed by atoms with van der Waals surface area (Å²) in [5, 5.41) is 0. The first kappa shape index (κ1) is 8.61. The quantitative estimate of drug-likeness (QED) is 0.639. The minimum atomic E-state index is -0.00526. The third-order valence-corrected chi connectivity index (χ3v) is 2.54. The molecule has 0 aliphatic carbocycles. The van der Waals surface area contributed by atoms with E-state index < -0.39 is 0 Å². The van der Waals surface area contributed by atoms with Gasteiger partial charge in [-0.3, -0.25) is 0 Å². The van der Waals surface area contributed by atoms with Crippen molar-refractivity contribution < 1.29 is 4.74 Å². The fourth-order valence-electron chi connectivity index (χ4n) is 1.85. The molecular weight excluding hydrogens is 160 g/mol. The Hall–Kier alpha value is -0.980. The van der Waals surface area contributed by atoms with E-state index in [1.807, 2.05) is 0 Å². The summed E-state index contributed by atoms with van der Waals surface area (Å²) in [4.78, 5) is 0. The van der Waals surface area contributed by atoms with Crippen LogP contribution in [0.2, 0.25) is 0 Å². The Balaban J connectivity index is 2.36. The van der Waals surface area contributed by atoms with Gasteiger partial charge in [-0.25, -0.2) is 0 Å². The highest BCUT2D eigenvalue weighted by molar-refractivity contribution is 5.41. The second kappa shape index (κ2) is 2.76. The lowest BCUT2D eigenvalue weighted by atomic mass is 10.0. The monoisotopic (exact) mass is 176 g/mol. The zero-order chi connectivity index (χ0) is 9.47. The predicted molar refractivity (Wildman–Crippen MR) is 54.2 cm³/mol. The van der Waals surface area contributed by atoms with E-state index in [9.17, 15) is 0 Å². The van der Waals surface area contributed by atoms with Gasteiger partial charge in [0.2, 0.25) is 0 Å². The molecule has 0 spiro atoms. The van der Waals surface area contributed by atoms with Gasteiger partial charge in [0, 0.05) is 6.42 Å². The van der Waals surface area contributed by atoms with Gasteiger partial charge in [-0.15, -0.1) is 0 Å². The first-order chi connectivity index (χ1) is 6.11. The van der Waals surface area contributed by atoms with Gasteiger partial charge >= 0.3 is 0 Å². The third-order valence-electron chi connectivity index (χ3n) is 2.54. The molecule has 0 bridgehead atoms. The second-order valence-electron chi connectivity index (χ2n) is 4.33. The summed E-state index contributed by atoms with van der Waals surface area (Å²) in [6.45, 7) is 6.44. The minimum absolute atomic E-state index is 0.00526. The highest BCUT2D eigenvalue weighted by atomic mass is 16.5. The molecule has 1 heterocycles. The summed E-state index contributed by atoms with van der Waals surface area (Å²) >= 11 is 0. The van der Waals surface area contributed by atoms with Crippen molar-refractivity contribution in [1.29, 1.82) is 0 Å². The molecular formula is C12H16O. The molecule has 1 aromatic rings. The van der Waals surface area contributed by atoms with Crippen LogP contribution in [-0.2, 0) is 12.8 Å². The van der Waals surface area contributed by atoms with E-state index in [2.05, 4.69) is 39.0 Å². The lowest BCUT2D eigenvalue weighted by molar-refractivity contribution is 0.138. The molecule has 70 valence electrons. The lowest BCUT2D eigenvalue weighted by Gasteiger charge is -2.16. The van der Waals surface area contributed by atoms with Gasteiger partial charge in [-0.1, -0.05) is 19.1 Å². The molecule has 0 saturated heterocycles. The van der Waals surface area contributed by atoms with Crippen LogP contribution < -0.4 is 4.74 Å². The Labute approximate surface area is 79.7 Å². The van der Waals surface area contributed by atoms with Crippen LogP contribution >= 0.6 is 0 Å². The number of benzene rings is 1. The van der Waals surface area contributed by atoms with Crippen molar-refractivity contribution in [3.63, 3.8) is 0 Å². The predicted octanol–water partition coefficient (Wildman–Crippen LogP) is 2.96. The maximum Gasteiger partial charge on any atom is 0.123 e. The minimum Gasteiger partial charge on any atom is -0.487 e. The van der Waals surface area contributed by atoms with E-state index in [1.54, 1.807) is 0 Å². The highest BCUT2D eigenvalue weighted by Gasteiger charge is 2.29. The van der Waals surface area contributed by atoms with Crippen molar-refractivity contribution in [2.24, 2.45) is 0 Å². The number of aryl methyl sites for hydroxylation is 1. The number of hydrogen-bond acceptors (Lipinski definition) is 1. The van der Waals surface area contributed by atoms with Crippen LogP contribution in [-0.4, -0.2) is 5.60 Å². The largest absolute Gasteiger partial charge is 0.487 e. The molecule has 0 aromatic heterocycles. The Morgan fingerprint density at radius 3 is 2.85 bits per heavy atom.